The van der Waals surface area contributed by atoms with Crippen LogP contribution in [0.15, 0.2) is 9.59 Å². The highest BCUT2D eigenvalue weighted by Crippen LogP contribution is 2.19. The maximum atomic E-state index is 12.0. The molecule has 188 valence electrons. The van der Waals surface area contributed by atoms with Gasteiger partial charge in [-0.1, -0.05) is 58.3 Å². The molecule has 1 aromatic rings. The van der Waals surface area contributed by atoms with Gasteiger partial charge in [0, 0.05) is 32.7 Å². The fraction of sp³-hybridized carbons (Fsp3) is 0.808. The molecule has 1 heterocycles. The van der Waals surface area contributed by atoms with Crippen LogP contribution in [0, 0.1) is 0 Å². The van der Waals surface area contributed by atoms with Crippen LogP contribution in [0.5, 0.6) is 0 Å². The molecule has 0 spiro atoms. The number of anilines is 2. The lowest BCUT2D eigenvalue weighted by Crippen LogP contribution is -2.39. The van der Waals surface area contributed by atoms with Crippen molar-refractivity contribution in [2.24, 2.45) is 0 Å². The molecular weight excluding hydrogens is 418 g/mol. The molecule has 7 nitrogen and oxygen atoms in total. The molecule has 0 aliphatic carbocycles. The molecule has 0 saturated carbocycles. The first-order valence-electron chi connectivity index (χ1n) is 13.3. The zero-order valence-corrected chi connectivity index (χ0v) is 20.6. The molecule has 1 amide bonds. The maximum absolute atomic E-state index is 12.0. The first-order chi connectivity index (χ1) is 16.1. The third-order valence-electron chi connectivity index (χ3n) is 6.45. The molecule has 1 aliphatic rings. The van der Waals surface area contributed by atoms with Crippen molar-refractivity contribution < 1.29 is 9.53 Å². The van der Waals surface area contributed by atoms with Crippen molar-refractivity contribution in [1.82, 2.24) is 5.32 Å². The topological polar surface area (TPSA) is 96.5 Å². The normalized spacial score (nSPS) is 16.1. The number of unbranched alkanes of at least 4 members (excludes halogenated alkanes) is 8. The van der Waals surface area contributed by atoms with Crippen LogP contribution in [0.4, 0.5) is 11.4 Å². The predicted octanol–water partition coefficient (Wildman–Crippen LogP) is 4.49. The number of hydrogen-bond acceptors (Lipinski definition) is 6. The minimum absolute atomic E-state index is 0.0483. The third-order valence-corrected chi connectivity index (χ3v) is 6.45. The monoisotopic (exact) mass is 463 g/mol. The summed E-state index contributed by atoms with van der Waals surface area (Å²) in [5.74, 6) is 0.0483. The van der Waals surface area contributed by atoms with Gasteiger partial charge in [0.05, 0.1) is 6.10 Å². The van der Waals surface area contributed by atoms with E-state index in [0.29, 0.717) is 43.5 Å². The number of carbonyl (C=O) groups is 1. The van der Waals surface area contributed by atoms with Crippen LogP contribution >= 0.6 is 0 Å². The van der Waals surface area contributed by atoms with E-state index in [2.05, 4.69) is 22.9 Å². The summed E-state index contributed by atoms with van der Waals surface area (Å²) in [6.45, 7) is 4.64. The van der Waals surface area contributed by atoms with Crippen molar-refractivity contribution in [2.75, 3.05) is 36.9 Å². The Bertz CT molecular complexity index is 736. The smallest absolute Gasteiger partial charge is 0.253 e. The van der Waals surface area contributed by atoms with Crippen molar-refractivity contribution in [3.63, 3.8) is 0 Å². The summed E-state index contributed by atoms with van der Waals surface area (Å²) in [6.07, 6.45) is 17.5. The second-order valence-corrected chi connectivity index (χ2v) is 9.32. The molecule has 1 aliphatic heterocycles. The molecule has 0 radical (unpaired) electrons. The van der Waals surface area contributed by atoms with Crippen molar-refractivity contribution in [2.45, 2.75) is 109 Å². The van der Waals surface area contributed by atoms with Crippen LogP contribution in [0.25, 0.3) is 0 Å². The zero-order valence-electron chi connectivity index (χ0n) is 20.6. The first kappa shape index (κ1) is 27.4. The molecule has 7 heteroatoms. The largest absolute Gasteiger partial charge is 0.380 e. The van der Waals surface area contributed by atoms with E-state index in [1.165, 1.54) is 57.8 Å². The van der Waals surface area contributed by atoms with Crippen molar-refractivity contribution >= 4 is 17.3 Å². The van der Waals surface area contributed by atoms with Gasteiger partial charge in [0.15, 0.2) is 0 Å². The molecule has 3 N–H and O–H groups in total. The molecule has 0 bridgehead atoms. The lowest BCUT2D eigenvalue weighted by molar-refractivity contribution is -0.121. The minimum atomic E-state index is -0.471. The average Bonchev–Trinajstić information content (AvgIpc) is 2.84. The van der Waals surface area contributed by atoms with E-state index in [4.69, 9.17) is 4.74 Å². The Morgan fingerprint density at radius 2 is 1.48 bits per heavy atom. The van der Waals surface area contributed by atoms with Crippen LogP contribution in [0.2, 0.25) is 0 Å². The van der Waals surface area contributed by atoms with Gasteiger partial charge in [0.25, 0.3) is 10.9 Å². The second kappa shape index (κ2) is 16.7. The van der Waals surface area contributed by atoms with Crippen molar-refractivity contribution in [3.05, 3.63) is 20.4 Å². The summed E-state index contributed by atoms with van der Waals surface area (Å²) in [4.78, 5) is 35.4. The standard InChI is InChI=1S/C26H45N3O4/c1-2-3-12-17-28-23-24(26(32)25(23)31)29-19-18-27-22(30)16-10-8-6-4-5-7-9-14-21-15-11-13-20-33-21/h21,28-29H,2-20H2,1H3,(H,27,30). The summed E-state index contributed by atoms with van der Waals surface area (Å²) in [5, 5.41) is 8.93. The van der Waals surface area contributed by atoms with E-state index < -0.39 is 10.9 Å². The van der Waals surface area contributed by atoms with Crippen LogP contribution in [0.3, 0.4) is 0 Å². The zero-order chi connectivity index (χ0) is 23.7. The number of nitrogens with one attached hydrogen (secondary N) is 3. The minimum Gasteiger partial charge on any atom is -0.380 e. The maximum Gasteiger partial charge on any atom is 0.253 e. The highest BCUT2D eigenvalue weighted by molar-refractivity contribution is 5.76. The number of ether oxygens (including phenoxy) is 1. The molecule has 1 saturated heterocycles. The Balaban J connectivity index is 1.41. The van der Waals surface area contributed by atoms with Gasteiger partial charge in [-0.15, -0.1) is 0 Å². The van der Waals surface area contributed by atoms with E-state index in [1.807, 2.05) is 0 Å². The molecule has 1 unspecified atom stereocenters. The summed E-state index contributed by atoms with van der Waals surface area (Å²) in [6, 6.07) is 0. The molecule has 1 fully saturated rings. The highest BCUT2D eigenvalue weighted by atomic mass is 16.5. The molecule has 2 rings (SSSR count). The van der Waals surface area contributed by atoms with Crippen LogP contribution in [0.1, 0.15) is 103 Å². The summed E-state index contributed by atoms with van der Waals surface area (Å²) >= 11 is 0. The SMILES string of the molecule is CCCCCNc1c(NCCNC(=O)CCCCCCCCCC2CCCCO2)c(=O)c1=O. The summed E-state index contributed by atoms with van der Waals surface area (Å²) in [5.41, 5.74) is -0.167. The lowest BCUT2D eigenvalue weighted by atomic mass is 10.0. The molecule has 1 atom stereocenters. The number of amides is 1. The van der Waals surface area contributed by atoms with E-state index >= 15 is 0 Å². The van der Waals surface area contributed by atoms with Gasteiger partial charge in [0.2, 0.25) is 5.91 Å². The van der Waals surface area contributed by atoms with Crippen LogP contribution in [-0.2, 0) is 9.53 Å². The number of carbonyl (C=O) groups excluding carboxylic acids is 1. The molecule has 33 heavy (non-hydrogen) atoms. The van der Waals surface area contributed by atoms with Crippen LogP contribution < -0.4 is 26.8 Å². The Morgan fingerprint density at radius 1 is 0.818 bits per heavy atom. The molecule has 0 aromatic heterocycles. The Morgan fingerprint density at radius 3 is 2.15 bits per heavy atom. The van der Waals surface area contributed by atoms with E-state index in [0.717, 1.165) is 38.7 Å². The van der Waals surface area contributed by atoms with Crippen molar-refractivity contribution in [1.29, 1.82) is 0 Å². The third kappa shape index (κ3) is 10.7. The van der Waals surface area contributed by atoms with Gasteiger partial charge in [-0.2, -0.15) is 0 Å². The van der Waals surface area contributed by atoms with E-state index in [-0.39, 0.29) is 5.91 Å². The van der Waals surface area contributed by atoms with Gasteiger partial charge >= 0.3 is 0 Å². The Hall–Kier alpha value is -1.89. The Labute approximate surface area is 199 Å². The lowest BCUT2D eigenvalue weighted by Gasteiger charge is -2.22. The highest BCUT2D eigenvalue weighted by Gasteiger charge is 2.19. The van der Waals surface area contributed by atoms with Crippen LogP contribution in [-0.4, -0.2) is 38.3 Å². The van der Waals surface area contributed by atoms with Gasteiger partial charge in [0.1, 0.15) is 11.4 Å². The van der Waals surface area contributed by atoms with Gasteiger partial charge in [-0.05, 0) is 38.5 Å². The fourth-order valence-corrected chi connectivity index (χ4v) is 4.37. The van der Waals surface area contributed by atoms with Gasteiger partial charge in [-0.3, -0.25) is 14.4 Å². The van der Waals surface area contributed by atoms with E-state index in [9.17, 15) is 14.4 Å². The Kier molecular flexibility index (Phi) is 13.8. The fourth-order valence-electron chi connectivity index (χ4n) is 4.37. The molecular formula is C26H45N3O4. The second-order valence-electron chi connectivity index (χ2n) is 9.32. The summed E-state index contributed by atoms with van der Waals surface area (Å²) < 4.78 is 5.78. The first-order valence-corrected chi connectivity index (χ1v) is 13.3. The van der Waals surface area contributed by atoms with Gasteiger partial charge in [-0.25, -0.2) is 0 Å². The van der Waals surface area contributed by atoms with E-state index in [1.54, 1.807) is 0 Å². The molecule has 1 aromatic carbocycles. The average molecular weight is 464 g/mol. The van der Waals surface area contributed by atoms with Crippen molar-refractivity contribution in [3.8, 4) is 0 Å². The summed E-state index contributed by atoms with van der Waals surface area (Å²) in [7, 11) is 0. The quantitative estimate of drug-likeness (QED) is 0.207. The predicted molar refractivity (Wildman–Crippen MR) is 136 cm³/mol. The van der Waals surface area contributed by atoms with Gasteiger partial charge < -0.3 is 20.7 Å². The number of rotatable bonds is 19. The number of hydrogen-bond donors (Lipinski definition) is 3.